The Balaban J connectivity index is 0.000000234. The lowest BCUT2D eigenvalue weighted by molar-refractivity contribution is -0.301. The zero-order chi connectivity index (χ0) is 49.6. The fourth-order valence-corrected chi connectivity index (χ4v) is 9.55. The first kappa shape index (κ1) is 53.6. The highest BCUT2D eigenvalue weighted by molar-refractivity contribution is 5.72. The second-order valence-corrected chi connectivity index (χ2v) is 20.4. The Morgan fingerprint density at radius 2 is 1.09 bits per heavy atom. The summed E-state index contributed by atoms with van der Waals surface area (Å²) < 4.78 is 65.3. The Kier molecular flexibility index (Phi) is 17.7. The molecule has 0 amide bonds. The van der Waals surface area contributed by atoms with Gasteiger partial charge in [-0.15, -0.1) is 0 Å². The van der Waals surface area contributed by atoms with Crippen molar-refractivity contribution in [2.24, 2.45) is 23.5 Å². The van der Waals surface area contributed by atoms with E-state index in [9.17, 15) is 24.0 Å². The fraction of sp³-hybridized carbons (Fsp3) is 0.776. The smallest absolute Gasteiger partial charge is 0.308 e. The van der Waals surface area contributed by atoms with E-state index in [-0.39, 0.29) is 55.6 Å². The van der Waals surface area contributed by atoms with E-state index in [1.165, 1.54) is 13.8 Å². The third kappa shape index (κ3) is 14.0. The van der Waals surface area contributed by atoms with Gasteiger partial charge in [0.1, 0.15) is 6.61 Å². The average Bonchev–Trinajstić information content (AvgIpc) is 3.71. The minimum Gasteiger partial charge on any atom is -0.461 e. The maximum Gasteiger partial charge on any atom is 0.308 e. The molecule has 19 nitrogen and oxygen atoms in total. The van der Waals surface area contributed by atoms with Crippen molar-refractivity contribution in [2.45, 2.75) is 174 Å². The molecule has 19 heteroatoms. The van der Waals surface area contributed by atoms with Gasteiger partial charge in [0.15, 0.2) is 48.2 Å². The summed E-state index contributed by atoms with van der Waals surface area (Å²) in [5.74, 6) is -6.64. The zero-order valence-electron chi connectivity index (χ0n) is 41.6. The highest BCUT2D eigenvalue weighted by Crippen LogP contribution is 2.46. The molecule has 2 N–H and O–H groups in total. The molecule has 0 spiro atoms. The van der Waals surface area contributed by atoms with Crippen LogP contribution in [0, 0.1) is 17.8 Å². The van der Waals surface area contributed by atoms with E-state index in [4.69, 9.17) is 57.8 Å². The topological polar surface area (TPSA) is 219 Å². The average molecular weight is 962 g/mol. The maximum absolute atomic E-state index is 12.4. The van der Waals surface area contributed by atoms with Gasteiger partial charge < -0.3 is 57.8 Å². The van der Waals surface area contributed by atoms with Gasteiger partial charge in [-0.3, -0.25) is 33.8 Å². The van der Waals surface area contributed by atoms with Crippen molar-refractivity contribution >= 4 is 29.8 Å². The van der Waals surface area contributed by atoms with Crippen LogP contribution in [-0.2, 0) is 82.7 Å². The van der Waals surface area contributed by atoms with Crippen LogP contribution < -0.4 is 5.73 Å². The van der Waals surface area contributed by atoms with Gasteiger partial charge in [0.25, 0.3) is 0 Å². The van der Waals surface area contributed by atoms with Crippen molar-refractivity contribution in [3.05, 3.63) is 35.9 Å². The number of nitrogens with zero attached hydrogens (tertiary/aromatic N) is 2. The molecule has 6 fully saturated rings. The van der Waals surface area contributed by atoms with Gasteiger partial charge in [0, 0.05) is 26.3 Å². The van der Waals surface area contributed by atoms with Gasteiger partial charge in [0.2, 0.25) is 11.6 Å². The molecule has 0 aromatic heterocycles. The van der Waals surface area contributed by atoms with Crippen LogP contribution in [0.1, 0.15) is 107 Å². The second kappa shape index (κ2) is 22.5. The molecule has 0 radical (unpaired) electrons. The van der Waals surface area contributed by atoms with Crippen LogP contribution in [0.5, 0.6) is 0 Å². The van der Waals surface area contributed by atoms with Gasteiger partial charge in [0.05, 0.1) is 38.1 Å². The number of carbonyl (C=O) groups excluding carboxylic acids is 5. The largest absolute Gasteiger partial charge is 0.461 e. The Morgan fingerprint density at radius 3 is 1.50 bits per heavy atom. The molecule has 0 bridgehead atoms. The number of esters is 5. The number of carbonyl (C=O) groups is 5. The van der Waals surface area contributed by atoms with Gasteiger partial charge in [-0.1, -0.05) is 58.0 Å². The lowest BCUT2D eigenvalue weighted by Crippen LogP contribution is -2.65. The highest BCUT2D eigenvalue weighted by atomic mass is 16.9. The van der Waals surface area contributed by atoms with E-state index in [1.54, 1.807) is 55.4 Å². The summed E-state index contributed by atoms with van der Waals surface area (Å²) in [6, 6.07) is 9.85. The molecule has 1 aromatic carbocycles. The highest BCUT2D eigenvalue weighted by Gasteiger charge is 2.65. The predicted octanol–water partition coefficient (Wildman–Crippen LogP) is 4.00. The number of nitrogens with two attached hydrogens (primary N) is 1. The number of benzene rings is 1. The Morgan fingerprint density at radius 1 is 0.662 bits per heavy atom. The summed E-state index contributed by atoms with van der Waals surface area (Å²) >= 11 is 0. The van der Waals surface area contributed by atoms with Crippen LogP contribution in [0.3, 0.4) is 0 Å². The maximum atomic E-state index is 12.4. The number of likely N-dealkylation sites (tertiary alicyclic amines) is 2. The first-order chi connectivity index (χ1) is 32.0. The van der Waals surface area contributed by atoms with Crippen LogP contribution in [-0.4, -0.2) is 158 Å². The zero-order valence-corrected chi connectivity index (χ0v) is 41.6. The molecule has 382 valence electrons. The van der Waals surface area contributed by atoms with E-state index in [2.05, 4.69) is 9.80 Å². The Hall–Kier alpha value is -3.79. The van der Waals surface area contributed by atoms with E-state index in [1.807, 2.05) is 30.3 Å². The monoisotopic (exact) mass is 962 g/mol. The molecular formula is C49H75N3O16. The number of hydrogen-bond acceptors (Lipinski definition) is 19. The summed E-state index contributed by atoms with van der Waals surface area (Å²) in [7, 11) is 0. The van der Waals surface area contributed by atoms with Crippen LogP contribution in [0.15, 0.2) is 30.3 Å². The summed E-state index contributed by atoms with van der Waals surface area (Å²) in [4.78, 5) is 65.2. The standard InChI is InChI=1S/C29H41NO9.C20H34N2O7/c1-19(2)27(33)37-23-17-35-29(26(25(23)36-20(3)31)38-28(4,5)39-29)18-30-13-11-21(12-14-30)15-24(32)34-16-22-9-7-6-8-10-22;1-12(2)18(24)27-15-10-25-20(11-22-8-6-14(21)7-9-22)17(16(15)26-13(3)23)28-19(4,5)29-20/h6-10,19,21,23,25-26H,11-18H2,1-5H3;12,14-17H,6-11,21H2,1-5H3/t23-,25-,26+,29+;15-,16-,17+,20+/m11/s1. The molecule has 0 saturated carbocycles. The van der Waals surface area contributed by atoms with Gasteiger partial charge in [-0.25, -0.2) is 0 Å². The van der Waals surface area contributed by atoms with E-state index in [0.29, 0.717) is 19.5 Å². The Bertz CT molecular complexity index is 1880. The van der Waals surface area contributed by atoms with Gasteiger partial charge in [-0.05, 0) is 91.0 Å². The van der Waals surface area contributed by atoms with Crippen molar-refractivity contribution in [3.8, 4) is 0 Å². The number of hydrogen-bond donors (Lipinski definition) is 1. The molecule has 6 heterocycles. The van der Waals surface area contributed by atoms with E-state index >= 15 is 0 Å². The first-order valence-corrected chi connectivity index (χ1v) is 24.2. The summed E-state index contributed by atoms with van der Waals surface area (Å²) in [6.45, 7) is 21.1. The van der Waals surface area contributed by atoms with Crippen LogP contribution >= 0.6 is 0 Å². The van der Waals surface area contributed by atoms with Gasteiger partial charge in [-0.2, -0.15) is 0 Å². The molecule has 68 heavy (non-hydrogen) atoms. The number of rotatable bonds is 14. The molecule has 6 aliphatic rings. The fourth-order valence-electron chi connectivity index (χ4n) is 9.55. The number of ether oxygens (including phenoxy) is 11. The second-order valence-electron chi connectivity index (χ2n) is 20.4. The number of piperidine rings is 2. The molecular weight excluding hydrogens is 887 g/mol. The normalized spacial score (nSPS) is 31.7. The molecule has 6 aliphatic heterocycles. The van der Waals surface area contributed by atoms with Crippen molar-refractivity contribution in [1.29, 1.82) is 0 Å². The van der Waals surface area contributed by atoms with Crippen molar-refractivity contribution < 1.29 is 76.1 Å². The minimum absolute atomic E-state index is 0.00999. The quantitative estimate of drug-likeness (QED) is 0.206. The van der Waals surface area contributed by atoms with Crippen molar-refractivity contribution in [1.82, 2.24) is 9.80 Å². The molecule has 0 aliphatic carbocycles. The molecule has 1 aromatic rings. The predicted molar refractivity (Wildman–Crippen MR) is 242 cm³/mol. The summed E-state index contributed by atoms with van der Waals surface area (Å²) in [5, 5.41) is 0. The molecule has 7 rings (SSSR count). The van der Waals surface area contributed by atoms with Crippen molar-refractivity contribution in [2.75, 3.05) is 52.5 Å². The van der Waals surface area contributed by atoms with E-state index in [0.717, 1.165) is 57.4 Å². The van der Waals surface area contributed by atoms with Crippen LogP contribution in [0.2, 0.25) is 0 Å². The minimum atomic E-state index is -1.20. The van der Waals surface area contributed by atoms with Crippen LogP contribution in [0.25, 0.3) is 0 Å². The lowest BCUT2D eigenvalue weighted by atomic mass is 9.91. The molecule has 0 unspecified atom stereocenters. The third-order valence-electron chi connectivity index (χ3n) is 12.8. The summed E-state index contributed by atoms with van der Waals surface area (Å²) in [6.07, 6.45) is -0.964. The van der Waals surface area contributed by atoms with Crippen molar-refractivity contribution in [3.63, 3.8) is 0 Å². The molecule has 8 atom stereocenters. The SMILES string of the molecule is CC(=O)O[C@@H]1[C@H](OC(=O)C(C)C)CO[C@@]2(CN3CCC(CC(=O)OCc4ccccc4)CC3)OC(C)(C)O[C@@H]12.CC(=O)O[C@@H]1[C@H](OC(=O)C(C)C)CO[C@@]2(CN3CCC(N)CC3)OC(C)(C)O[C@@H]12. The Labute approximate surface area is 400 Å². The van der Waals surface area contributed by atoms with Crippen LogP contribution in [0.4, 0.5) is 0 Å². The lowest BCUT2D eigenvalue weighted by Gasteiger charge is -2.46. The first-order valence-electron chi connectivity index (χ1n) is 24.2. The van der Waals surface area contributed by atoms with Gasteiger partial charge >= 0.3 is 29.8 Å². The third-order valence-corrected chi connectivity index (χ3v) is 12.8. The molecule has 6 saturated heterocycles. The van der Waals surface area contributed by atoms with E-state index < -0.39 is 77.7 Å². The summed E-state index contributed by atoms with van der Waals surface area (Å²) in [5.41, 5.74) is 6.99. The number of fused-ring (bicyclic) bond motifs is 2.